The predicted molar refractivity (Wildman–Crippen MR) is 93.1 cm³/mol. The summed E-state index contributed by atoms with van der Waals surface area (Å²) in [5.74, 6) is 0. The number of benzene rings is 2. The van der Waals surface area contributed by atoms with E-state index in [-0.39, 0.29) is 0 Å². The highest BCUT2D eigenvalue weighted by molar-refractivity contribution is 5.78. The maximum atomic E-state index is 5.99. The highest BCUT2D eigenvalue weighted by Crippen LogP contribution is 2.41. The third-order valence-electron chi connectivity index (χ3n) is 4.41. The van der Waals surface area contributed by atoms with Crippen LogP contribution in [0.2, 0.25) is 0 Å². The van der Waals surface area contributed by atoms with Gasteiger partial charge < -0.3 is 4.74 Å². The van der Waals surface area contributed by atoms with Gasteiger partial charge in [-0.25, -0.2) is 0 Å². The first kappa shape index (κ1) is 15.1. The van der Waals surface area contributed by atoms with E-state index in [1.165, 1.54) is 47.1 Å². The molecule has 1 nitrogen and oxygen atoms in total. The standard InChI is InChI=1S/C18H18O.C3H6/c1-2-7-14-13(6-1)12-17-15(14)8-5-9-16(17)18-10-3-4-11-19-18;1-3-2/h1-2,5-9,18H,3-4,10-12H2;3H,1H2,2H3. The van der Waals surface area contributed by atoms with Gasteiger partial charge in [-0.15, -0.1) is 6.58 Å². The number of fused-ring (bicyclic) bond motifs is 3. The van der Waals surface area contributed by atoms with Gasteiger partial charge in [0.2, 0.25) is 0 Å². The summed E-state index contributed by atoms with van der Waals surface area (Å²) in [5, 5.41) is 0. The average Bonchev–Trinajstić information content (AvgIpc) is 2.95. The summed E-state index contributed by atoms with van der Waals surface area (Å²) < 4.78 is 5.99. The van der Waals surface area contributed by atoms with Gasteiger partial charge in [0, 0.05) is 6.61 Å². The minimum atomic E-state index is 0.318. The Morgan fingerprint density at radius 1 is 1.05 bits per heavy atom. The van der Waals surface area contributed by atoms with Crippen LogP contribution in [0.15, 0.2) is 55.1 Å². The van der Waals surface area contributed by atoms with E-state index in [2.05, 4.69) is 49.0 Å². The second kappa shape index (κ2) is 6.93. The molecule has 0 bridgehead atoms. The van der Waals surface area contributed by atoms with E-state index in [0.717, 1.165) is 13.0 Å². The van der Waals surface area contributed by atoms with Crippen molar-refractivity contribution in [3.05, 3.63) is 71.8 Å². The molecule has 1 atom stereocenters. The SMILES string of the molecule is C=CC.c1ccc2c(c1)Cc1c-2cccc1C1CCCCO1. The predicted octanol–water partition coefficient (Wildman–Crippen LogP) is 5.69. The first-order chi connectivity index (χ1) is 10.8. The van der Waals surface area contributed by atoms with Crippen LogP contribution in [0, 0.1) is 0 Å². The normalized spacial score (nSPS) is 18.7. The molecule has 0 aromatic heterocycles. The smallest absolute Gasteiger partial charge is 0.0827 e. The van der Waals surface area contributed by atoms with Gasteiger partial charge in [0.15, 0.2) is 0 Å². The molecule has 4 rings (SSSR count). The maximum Gasteiger partial charge on any atom is 0.0827 e. The number of hydrogen-bond donors (Lipinski definition) is 0. The Bertz CT molecular complexity index is 651. The molecule has 2 aromatic rings. The number of allylic oxidation sites excluding steroid dienone is 1. The molecule has 0 radical (unpaired) electrons. The highest BCUT2D eigenvalue weighted by Gasteiger charge is 2.25. The molecule has 2 aliphatic rings. The molecule has 0 saturated carbocycles. The largest absolute Gasteiger partial charge is 0.374 e. The molecule has 1 unspecified atom stereocenters. The van der Waals surface area contributed by atoms with E-state index in [9.17, 15) is 0 Å². The van der Waals surface area contributed by atoms with Crippen LogP contribution in [0.3, 0.4) is 0 Å². The summed E-state index contributed by atoms with van der Waals surface area (Å²) in [5.41, 5.74) is 7.21. The molecule has 0 N–H and O–H groups in total. The Balaban J connectivity index is 0.000000446. The van der Waals surface area contributed by atoms with Crippen molar-refractivity contribution in [3.63, 3.8) is 0 Å². The van der Waals surface area contributed by atoms with E-state index in [4.69, 9.17) is 4.74 Å². The van der Waals surface area contributed by atoms with Crippen LogP contribution in [0.25, 0.3) is 11.1 Å². The van der Waals surface area contributed by atoms with Crippen LogP contribution >= 0.6 is 0 Å². The van der Waals surface area contributed by atoms with E-state index in [0.29, 0.717) is 6.10 Å². The molecule has 1 fully saturated rings. The number of hydrogen-bond acceptors (Lipinski definition) is 1. The minimum absolute atomic E-state index is 0.318. The van der Waals surface area contributed by atoms with Gasteiger partial charge >= 0.3 is 0 Å². The summed E-state index contributed by atoms with van der Waals surface area (Å²) in [6, 6.07) is 15.5. The lowest BCUT2D eigenvalue weighted by atomic mass is 9.94. The van der Waals surface area contributed by atoms with E-state index in [1.54, 1.807) is 6.08 Å². The van der Waals surface area contributed by atoms with Crippen molar-refractivity contribution in [2.75, 3.05) is 6.61 Å². The third-order valence-corrected chi connectivity index (χ3v) is 4.41. The second-order valence-corrected chi connectivity index (χ2v) is 5.97. The van der Waals surface area contributed by atoms with Crippen LogP contribution < -0.4 is 0 Å². The molecular weight excluding hydrogens is 268 g/mol. The first-order valence-corrected chi connectivity index (χ1v) is 8.24. The molecular formula is C21H24O. The van der Waals surface area contributed by atoms with Crippen molar-refractivity contribution in [1.29, 1.82) is 0 Å². The topological polar surface area (TPSA) is 9.23 Å². The van der Waals surface area contributed by atoms with Gasteiger partial charge in [0.05, 0.1) is 6.10 Å². The Labute approximate surface area is 133 Å². The first-order valence-electron chi connectivity index (χ1n) is 8.24. The Kier molecular flexibility index (Phi) is 4.74. The third kappa shape index (κ3) is 2.86. The van der Waals surface area contributed by atoms with Crippen LogP contribution in [-0.2, 0) is 11.2 Å². The zero-order valence-corrected chi connectivity index (χ0v) is 13.3. The van der Waals surface area contributed by atoms with Gasteiger partial charge in [-0.2, -0.15) is 0 Å². The van der Waals surface area contributed by atoms with E-state index in [1.807, 2.05) is 6.92 Å². The molecule has 2 aromatic carbocycles. The Morgan fingerprint density at radius 2 is 1.82 bits per heavy atom. The zero-order valence-electron chi connectivity index (χ0n) is 13.3. The van der Waals surface area contributed by atoms with Crippen LogP contribution in [0.1, 0.15) is 49.0 Å². The minimum Gasteiger partial charge on any atom is -0.374 e. The summed E-state index contributed by atoms with van der Waals surface area (Å²) in [4.78, 5) is 0. The lowest BCUT2D eigenvalue weighted by Gasteiger charge is -2.25. The van der Waals surface area contributed by atoms with E-state index >= 15 is 0 Å². The van der Waals surface area contributed by atoms with Crippen LogP contribution in [0.5, 0.6) is 0 Å². The Hall–Kier alpha value is -1.86. The van der Waals surface area contributed by atoms with Crippen molar-refractivity contribution >= 4 is 0 Å². The molecule has 1 aliphatic carbocycles. The average molecular weight is 292 g/mol. The fourth-order valence-corrected chi connectivity index (χ4v) is 3.47. The highest BCUT2D eigenvalue weighted by atomic mass is 16.5. The molecule has 1 heteroatoms. The van der Waals surface area contributed by atoms with Crippen molar-refractivity contribution in [1.82, 2.24) is 0 Å². The maximum absolute atomic E-state index is 5.99. The van der Waals surface area contributed by atoms with Crippen molar-refractivity contribution in [2.45, 2.75) is 38.7 Å². The molecule has 1 saturated heterocycles. The van der Waals surface area contributed by atoms with Gasteiger partial charge in [-0.1, -0.05) is 48.5 Å². The fourth-order valence-electron chi connectivity index (χ4n) is 3.47. The lowest BCUT2D eigenvalue weighted by Crippen LogP contribution is -2.13. The summed E-state index contributed by atoms with van der Waals surface area (Å²) in [7, 11) is 0. The summed E-state index contributed by atoms with van der Waals surface area (Å²) >= 11 is 0. The summed E-state index contributed by atoms with van der Waals surface area (Å²) in [6.45, 7) is 6.17. The zero-order chi connectivity index (χ0) is 15.4. The molecule has 0 amide bonds. The number of ether oxygens (including phenoxy) is 1. The van der Waals surface area contributed by atoms with Gasteiger partial charge in [0.25, 0.3) is 0 Å². The quantitative estimate of drug-likeness (QED) is 0.523. The van der Waals surface area contributed by atoms with Crippen molar-refractivity contribution in [3.8, 4) is 11.1 Å². The monoisotopic (exact) mass is 292 g/mol. The second-order valence-electron chi connectivity index (χ2n) is 5.97. The van der Waals surface area contributed by atoms with E-state index < -0.39 is 0 Å². The van der Waals surface area contributed by atoms with Crippen LogP contribution in [0.4, 0.5) is 0 Å². The molecule has 114 valence electrons. The Morgan fingerprint density at radius 3 is 2.59 bits per heavy atom. The van der Waals surface area contributed by atoms with Crippen molar-refractivity contribution < 1.29 is 4.74 Å². The molecule has 1 aliphatic heterocycles. The summed E-state index contributed by atoms with van der Waals surface area (Å²) in [6.07, 6.45) is 6.82. The van der Waals surface area contributed by atoms with Gasteiger partial charge in [-0.05, 0) is 60.4 Å². The molecule has 22 heavy (non-hydrogen) atoms. The van der Waals surface area contributed by atoms with Crippen molar-refractivity contribution in [2.24, 2.45) is 0 Å². The molecule has 0 spiro atoms. The molecule has 1 heterocycles. The van der Waals surface area contributed by atoms with Gasteiger partial charge in [0.1, 0.15) is 0 Å². The van der Waals surface area contributed by atoms with Crippen LogP contribution in [-0.4, -0.2) is 6.61 Å². The fraction of sp³-hybridized carbons (Fsp3) is 0.333. The van der Waals surface area contributed by atoms with Gasteiger partial charge in [-0.3, -0.25) is 0 Å². The number of rotatable bonds is 1. The lowest BCUT2D eigenvalue weighted by molar-refractivity contribution is 0.0145.